The highest BCUT2D eigenvalue weighted by Gasteiger charge is 2.19. The third kappa shape index (κ3) is 7.67. The fourth-order valence-electron chi connectivity index (χ4n) is 3.58. The van der Waals surface area contributed by atoms with Crippen molar-refractivity contribution in [1.82, 2.24) is 15.5 Å². The van der Waals surface area contributed by atoms with Gasteiger partial charge in [-0.15, -0.1) is 0 Å². The largest absolute Gasteiger partial charge is 0.356 e. The zero-order valence-electron chi connectivity index (χ0n) is 18.5. The second-order valence-electron chi connectivity index (χ2n) is 7.93. The summed E-state index contributed by atoms with van der Waals surface area (Å²) in [7, 11) is 2.08. The molecule has 0 saturated carbocycles. The molecule has 2 amide bonds. The van der Waals surface area contributed by atoms with E-state index in [9.17, 15) is 9.59 Å². The van der Waals surface area contributed by atoms with E-state index >= 15 is 0 Å². The Kier molecular flexibility index (Phi) is 9.02. The molecule has 0 aromatic heterocycles. The number of rotatable bonds is 11. The Morgan fingerprint density at radius 3 is 2.09 bits per heavy atom. The summed E-state index contributed by atoms with van der Waals surface area (Å²) in [5.41, 5.74) is 2.77. The first kappa shape index (κ1) is 23.2. The zero-order valence-corrected chi connectivity index (χ0v) is 18.5. The quantitative estimate of drug-likeness (QED) is 0.450. The van der Waals surface area contributed by atoms with Gasteiger partial charge in [0.15, 0.2) is 0 Å². The molecule has 5 nitrogen and oxygen atoms in total. The maximum absolute atomic E-state index is 12.6. The van der Waals surface area contributed by atoms with E-state index < -0.39 is 0 Å². The molecular formula is C27H31N3O2. The van der Waals surface area contributed by atoms with E-state index in [1.807, 2.05) is 66.7 Å². The molecule has 0 bridgehead atoms. The molecule has 2 N–H and O–H groups in total. The first-order valence-electron chi connectivity index (χ1n) is 11.0. The molecule has 1 unspecified atom stereocenters. The minimum Gasteiger partial charge on any atom is -0.356 e. The van der Waals surface area contributed by atoms with Crippen LogP contribution in [0.15, 0.2) is 91.0 Å². The number of hydrogen-bond acceptors (Lipinski definition) is 3. The molecular weight excluding hydrogens is 398 g/mol. The molecule has 3 aromatic rings. The van der Waals surface area contributed by atoms with Gasteiger partial charge in [-0.1, -0.05) is 78.9 Å². The lowest BCUT2D eigenvalue weighted by Gasteiger charge is -2.20. The van der Waals surface area contributed by atoms with Crippen LogP contribution in [0.3, 0.4) is 0 Å². The van der Waals surface area contributed by atoms with Crippen molar-refractivity contribution in [2.24, 2.45) is 0 Å². The molecule has 0 spiro atoms. The smallest absolute Gasteiger partial charge is 0.251 e. The van der Waals surface area contributed by atoms with Gasteiger partial charge in [-0.3, -0.25) is 9.59 Å². The maximum atomic E-state index is 12.6. The number of benzene rings is 3. The van der Waals surface area contributed by atoms with Crippen molar-refractivity contribution in [2.45, 2.75) is 25.4 Å². The third-order valence-electron chi connectivity index (χ3n) is 5.27. The molecule has 0 aliphatic carbocycles. The van der Waals surface area contributed by atoms with Gasteiger partial charge < -0.3 is 15.5 Å². The van der Waals surface area contributed by atoms with Crippen LogP contribution >= 0.6 is 0 Å². The van der Waals surface area contributed by atoms with Crippen LogP contribution in [0, 0.1) is 0 Å². The normalized spacial score (nSPS) is 11.7. The Labute approximate surface area is 190 Å². The summed E-state index contributed by atoms with van der Waals surface area (Å²) in [6, 6.07) is 28.6. The van der Waals surface area contributed by atoms with Gasteiger partial charge in [0.05, 0.1) is 12.5 Å². The first-order valence-corrected chi connectivity index (χ1v) is 11.0. The fraction of sp³-hybridized carbons (Fsp3) is 0.259. The van der Waals surface area contributed by atoms with Gasteiger partial charge in [0.2, 0.25) is 5.91 Å². The van der Waals surface area contributed by atoms with E-state index in [1.165, 1.54) is 5.56 Å². The Hall–Kier alpha value is -3.44. The molecule has 0 saturated heterocycles. The Morgan fingerprint density at radius 1 is 0.844 bits per heavy atom. The van der Waals surface area contributed by atoms with E-state index in [4.69, 9.17) is 0 Å². The summed E-state index contributed by atoms with van der Waals surface area (Å²) in [6.45, 7) is 2.38. The average Bonchev–Trinajstić information content (AvgIpc) is 2.83. The lowest BCUT2D eigenvalue weighted by Crippen LogP contribution is -2.34. The van der Waals surface area contributed by atoms with E-state index in [1.54, 1.807) is 12.1 Å². The minimum absolute atomic E-state index is 0.0714. The number of hydrogen-bond donors (Lipinski definition) is 2. The summed E-state index contributed by atoms with van der Waals surface area (Å²) < 4.78 is 0. The third-order valence-corrected chi connectivity index (χ3v) is 5.27. The molecule has 0 aliphatic rings. The monoisotopic (exact) mass is 429 g/mol. The number of carbonyl (C=O) groups is 2. The van der Waals surface area contributed by atoms with Crippen molar-refractivity contribution in [3.63, 3.8) is 0 Å². The van der Waals surface area contributed by atoms with Crippen molar-refractivity contribution < 1.29 is 9.59 Å². The molecule has 3 rings (SSSR count). The van der Waals surface area contributed by atoms with Crippen LogP contribution in [-0.4, -0.2) is 36.9 Å². The molecule has 0 heterocycles. The molecule has 166 valence electrons. The zero-order chi connectivity index (χ0) is 22.6. The lowest BCUT2D eigenvalue weighted by molar-refractivity contribution is -0.121. The summed E-state index contributed by atoms with van der Waals surface area (Å²) in [4.78, 5) is 27.5. The van der Waals surface area contributed by atoms with Gasteiger partial charge >= 0.3 is 0 Å². The van der Waals surface area contributed by atoms with E-state index in [-0.39, 0.29) is 24.3 Å². The Morgan fingerprint density at radius 2 is 1.44 bits per heavy atom. The first-order chi connectivity index (χ1) is 15.6. The van der Waals surface area contributed by atoms with Crippen molar-refractivity contribution >= 4 is 11.8 Å². The Bertz CT molecular complexity index is 962. The van der Waals surface area contributed by atoms with Gasteiger partial charge in [0.1, 0.15) is 0 Å². The van der Waals surface area contributed by atoms with E-state index in [0.29, 0.717) is 12.1 Å². The molecule has 5 heteroatoms. The predicted octanol–water partition coefficient (Wildman–Crippen LogP) is 4.19. The number of carbonyl (C=O) groups excluding carboxylic acids is 2. The van der Waals surface area contributed by atoms with Crippen molar-refractivity contribution in [3.05, 3.63) is 108 Å². The van der Waals surface area contributed by atoms with E-state index in [2.05, 4.69) is 34.7 Å². The number of amides is 2. The molecule has 0 fully saturated rings. The standard InChI is InChI=1S/C27H31N3O2/c1-30(21-22-12-5-2-6-13-22)19-11-18-28-26(31)20-25(23-14-7-3-8-15-23)29-27(32)24-16-9-4-10-17-24/h2-10,12-17,25H,11,18-21H2,1H3,(H,28,31)(H,29,32). The lowest BCUT2D eigenvalue weighted by atomic mass is 10.0. The van der Waals surface area contributed by atoms with Gasteiger partial charge in [0, 0.05) is 18.7 Å². The SMILES string of the molecule is CN(CCCNC(=O)CC(NC(=O)c1ccccc1)c1ccccc1)Cc1ccccc1. The van der Waals surface area contributed by atoms with Gasteiger partial charge in [-0.25, -0.2) is 0 Å². The van der Waals surface area contributed by atoms with Gasteiger partial charge in [-0.2, -0.15) is 0 Å². The highest BCUT2D eigenvalue weighted by atomic mass is 16.2. The summed E-state index contributed by atoms with van der Waals surface area (Å²) in [5.74, 6) is -0.257. The summed E-state index contributed by atoms with van der Waals surface area (Å²) in [5, 5.41) is 6.01. The van der Waals surface area contributed by atoms with E-state index in [0.717, 1.165) is 25.1 Å². The molecule has 32 heavy (non-hydrogen) atoms. The van der Waals surface area contributed by atoms with Crippen LogP contribution in [0.1, 0.15) is 40.4 Å². The second-order valence-corrected chi connectivity index (χ2v) is 7.93. The minimum atomic E-state index is -0.385. The van der Waals surface area contributed by atoms with Crippen molar-refractivity contribution in [2.75, 3.05) is 20.1 Å². The molecule has 1 atom stereocenters. The van der Waals surface area contributed by atoms with Crippen LogP contribution in [0.2, 0.25) is 0 Å². The van der Waals surface area contributed by atoms with Crippen LogP contribution < -0.4 is 10.6 Å². The molecule has 0 aliphatic heterocycles. The number of nitrogens with one attached hydrogen (secondary N) is 2. The maximum Gasteiger partial charge on any atom is 0.251 e. The van der Waals surface area contributed by atoms with Crippen molar-refractivity contribution in [3.8, 4) is 0 Å². The van der Waals surface area contributed by atoms with Crippen LogP contribution in [0.25, 0.3) is 0 Å². The average molecular weight is 430 g/mol. The van der Waals surface area contributed by atoms with Gasteiger partial charge in [-0.05, 0) is 43.3 Å². The summed E-state index contributed by atoms with van der Waals surface area (Å²) in [6.07, 6.45) is 1.06. The van der Waals surface area contributed by atoms with Crippen LogP contribution in [0.5, 0.6) is 0 Å². The van der Waals surface area contributed by atoms with Crippen LogP contribution in [0.4, 0.5) is 0 Å². The topological polar surface area (TPSA) is 61.4 Å². The molecule has 3 aromatic carbocycles. The second kappa shape index (κ2) is 12.4. The van der Waals surface area contributed by atoms with Gasteiger partial charge in [0.25, 0.3) is 5.91 Å². The van der Waals surface area contributed by atoms with Crippen LogP contribution in [-0.2, 0) is 11.3 Å². The Balaban J connectivity index is 1.47. The predicted molar refractivity (Wildman–Crippen MR) is 128 cm³/mol. The summed E-state index contributed by atoms with van der Waals surface area (Å²) >= 11 is 0. The van der Waals surface area contributed by atoms with Crippen molar-refractivity contribution in [1.29, 1.82) is 0 Å². The molecule has 0 radical (unpaired) electrons. The highest BCUT2D eigenvalue weighted by Crippen LogP contribution is 2.17. The number of nitrogens with zero attached hydrogens (tertiary/aromatic N) is 1. The fourth-order valence-corrected chi connectivity index (χ4v) is 3.58. The highest BCUT2D eigenvalue weighted by molar-refractivity contribution is 5.94.